The highest BCUT2D eigenvalue weighted by atomic mass is 16.5. The average Bonchev–Trinajstić information content (AvgIpc) is 2.92. The molecule has 1 aliphatic carbocycles. The summed E-state index contributed by atoms with van der Waals surface area (Å²) in [6, 6.07) is 1.03. The Balaban J connectivity index is 1.79. The molecule has 0 aromatic carbocycles. The van der Waals surface area contributed by atoms with Crippen molar-refractivity contribution in [2.75, 3.05) is 25.6 Å². The minimum Gasteiger partial charge on any atom is -0.407 e. The second-order valence-electron chi connectivity index (χ2n) is 5.37. The highest BCUT2D eigenvalue weighted by Gasteiger charge is 2.24. The molecule has 2 unspecified atom stereocenters. The molecular formula is C14H26N4O2. The second kappa shape index (κ2) is 8.21. The maximum Gasteiger partial charge on any atom is 0.315 e. The van der Waals surface area contributed by atoms with Crippen LogP contribution in [0.4, 0.5) is 6.01 Å². The molecule has 1 heterocycles. The van der Waals surface area contributed by atoms with E-state index in [1.165, 1.54) is 32.1 Å². The lowest BCUT2D eigenvalue weighted by atomic mass is 9.83. The lowest BCUT2D eigenvalue weighted by Crippen LogP contribution is -2.31. The maximum absolute atomic E-state index is 5.62. The lowest BCUT2D eigenvalue weighted by Gasteiger charge is -2.30. The summed E-state index contributed by atoms with van der Waals surface area (Å²) in [6.45, 7) is 4.30. The van der Waals surface area contributed by atoms with Gasteiger partial charge in [0.2, 0.25) is 5.89 Å². The van der Waals surface area contributed by atoms with Gasteiger partial charge in [-0.05, 0) is 18.8 Å². The molecule has 6 nitrogen and oxygen atoms in total. The van der Waals surface area contributed by atoms with Crippen LogP contribution >= 0.6 is 0 Å². The van der Waals surface area contributed by atoms with Gasteiger partial charge in [-0.25, -0.2) is 0 Å². The van der Waals surface area contributed by atoms with E-state index in [2.05, 4.69) is 27.8 Å². The number of nitrogens with zero attached hydrogens (tertiary/aromatic N) is 2. The van der Waals surface area contributed by atoms with E-state index in [1.807, 2.05) is 0 Å². The normalized spacial score (nSPS) is 22.9. The Labute approximate surface area is 120 Å². The van der Waals surface area contributed by atoms with Crippen LogP contribution in [0.1, 0.15) is 44.9 Å². The van der Waals surface area contributed by atoms with Crippen LogP contribution in [0.2, 0.25) is 0 Å². The zero-order valence-electron chi connectivity index (χ0n) is 12.5. The van der Waals surface area contributed by atoms with Crippen molar-refractivity contribution in [2.45, 2.75) is 51.6 Å². The van der Waals surface area contributed by atoms with E-state index < -0.39 is 0 Å². The largest absolute Gasteiger partial charge is 0.407 e. The van der Waals surface area contributed by atoms with E-state index in [0.717, 1.165) is 12.5 Å². The van der Waals surface area contributed by atoms with Gasteiger partial charge in [-0.2, -0.15) is 0 Å². The quantitative estimate of drug-likeness (QED) is 0.712. The van der Waals surface area contributed by atoms with E-state index in [1.54, 1.807) is 7.11 Å². The third-order valence-electron chi connectivity index (χ3n) is 3.97. The van der Waals surface area contributed by atoms with Crippen LogP contribution in [0, 0.1) is 5.92 Å². The number of ether oxygens (including phenoxy) is 1. The van der Waals surface area contributed by atoms with Gasteiger partial charge in [-0.15, -0.1) is 5.10 Å². The number of rotatable bonds is 8. The Hall–Kier alpha value is -1.14. The molecule has 6 heteroatoms. The molecule has 0 saturated heterocycles. The Bertz CT molecular complexity index is 383. The first-order valence-corrected chi connectivity index (χ1v) is 7.62. The monoisotopic (exact) mass is 282 g/mol. The molecule has 2 N–H and O–H groups in total. The van der Waals surface area contributed by atoms with Crippen molar-refractivity contribution in [3.05, 3.63) is 5.89 Å². The molecule has 0 amide bonds. The van der Waals surface area contributed by atoms with E-state index in [-0.39, 0.29) is 0 Å². The van der Waals surface area contributed by atoms with Crippen molar-refractivity contribution in [3.63, 3.8) is 0 Å². The van der Waals surface area contributed by atoms with Crippen LogP contribution in [-0.4, -0.2) is 36.5 Å². The van der Waals surface area contributed by atoms with E-state index in [4.69, 9.17) is 9.15 Å². The van der Waals surface area contributed by atoms with Crippen molar-refractivity contribution in [3.8, 4) is 0 Å². The summed E-state index contributed by atoms with van der Waals surface area (Å²) in [6.07, 6.45) is 6.33. The summed E-state index contributed by atoms with van der Waals surface area (Å²) in [5.41, 5.74) is 0. The van der Waals surface area contributed by atoms with Crippen molar-refractivity contribution in [1.29, 1.82) is 0 Å². The van der Waals surface area contributed by atoms with Crippen LogP contribution < -0.4 is 10.6 Å². The van der Waals surface area contributed by atoms with Crippen LogP contribution in [0.25, 0.3) is 0 Å². The fourth-order valence-corrected chi connectivity index (χ4v) is 2.80. The number of aromatic nitrogens is 2. The van der Waals surface area contributed by atoms with Gasteiger partial charge in [0.05, 0.1) is 13.2 Å². The van der Waals surface area contributed by atoms with E-state index in [0.29, 0.717) is 31.1 Å². The van der Waals surface area contributed by atoms with Gasteiger partial charge >= 0.3 is 6.01 Å². The molecular weight excluding hydrogens is 256 g/mol. The molecule has 2 atom stereocenters. The minimum absolute atomic E-state index is 0.475. The molecule has 1 aliphatic rings. The second-order valence-corrected chi connectivity index (χ2v) is 5.37. The van der Waals surface area contributed by atoms with E-state index >= 15 is 0 Å². The molecule has 1 fully saturated rings. The SMILES string of the molecule is CCC1CCCCC1Nc1nnc(CNCCOC)o1. The fourth-order valence-electron chi connectivity index (χ4n) is 2.80. The number of hydrogen-bond donors (Lipinski definition) is 2. The molecule has 0 aliphatic heterocycles. The third kappa shape index (κ3) is 4.45. The zero-order chi connectivity index (χ0) is 14.2. The Morgan fingerprint density at radius 2 is 2.15 bits per heavy atom. The highest BCUT2D eigenvalue weighted by molar-refractivity contribution is 5.20. The number of nitrogens with one attached hydrogen (secondary N) is 2. The van der Waals surface area contributed by atoms with Crippen molar-refractivity contribution in [2.24, 2.45) is 5.92 Å². The summed E-state index contributed by atoms with van der Waals surface area (Å²) < 4.78 is 10.6. The Kier molecular flexibility index (Phi) is 6.26. The number of anilines is 1. The molecule has 1 aromatic heterocycles. The molecule has 2 rings (SSSR count). The topological polar surface area (TPSA) is 72.2 Å². The van der Waals surface area contributed by atoms with Crippen LogP contribution in [0.3, 0.4) is 0 Å². The summed E-state index contributed by atoms with van der Waals surface area (Å²) in [4.78, 5) is 0. The molecule has 114 valence electrons. The van der Waals surface area contributed by atoms with Gasteiger partial charge in [0, 0.05) is 19.7 Å². The number of methoxy groups -OCH3 is 1. The standard InChI is InChI=1S/C14H26N4O2/c1-3-11-6-4-5-7-12(11)16-14-18-17-13(20-14)10-15-8-9-19-2/h11-12,15H,3-10H2,1-2H3,(H,16,18). The van der Waals surface area contributed by atoms with Crippen molar-refractivity contribution in [1.82, 2.24) is 15.5 Å². The minimum atomic E-state index is 0.475. The molecule has 1 saturated carbocycles. The first-order chi connectivity index (χ1) is 9.83. The Morgan fingerprint density at radius 1 is 1.30 bits per heavy atom. The maximum atomic E-state index is 5.62. The fraction of sp³-hybridized carbons (Fsp3) is 0.857. The molecule has 0 radical (unpaired) electrons. The summed E-state index contributed by atoms with van der Waals surface area (Å²) >= 11 is 0. The van der Waals surface area contributed by atoms with Gasteiger partial charge in [-0.1, -0.05) is 31.3 Å². The molecule has 0 spiro atoms. The van der Waals surface area contributed by atoms with Gasteiger partial charge in [0.15, 0.2) is 0 Å². The predicted molar refractivity (Wildman–Crippen MR) is 77.5 cm³/mol. The summed E-state index contributed by atoms with van der Waals surface area (Å²) in [5.74, 6) is 1.34. The van der Waals surface area contributed by atoms with Gasteiger partial charge in [-0.3, -0.25) is 0 Å². The Morgan fingerprint density at radius 3 is 2.95 bits per heavy atom. The van der Waals surface area contributed by atoms with Crippen LogP contribution in [-0.2, 0) is 11.3 Å². The van der Waals surface area contributed by atoms with Crippen molar-refractivity contribution >= 4 is 6.01 Å². The van der Waals surface area contributed by atoms with Crippen LogP contribution in [0.15, 0.2) is 4.42 Å². The first-order valence-electron chi connectivity index (χ1n) is 7.62. The van der Waals surface area contributed by atoms with Gasteiger partial charge < -0.3 is 19.8 Å². The zero-order valence-corrected chi connectivity index (χ0v) is 12.5. The highest BCUT2D eigenvalue weighted by Crippen LogP contribution is 2.28. The summed E-state index contributed by atoms with van der Waals surface area (Å²) in [5, 5.41) is 14.7. The van der Waals surface area contributed by atoms with Gasteiger partial charge in [0.25, 0.3) is 0 Å². The molecule has 20 heavy (non-hydrogen) atoms. The molecule has 0 bridgehead atoms. The van der Waals surface area contributed by atoms with Crippen LogP contribution in [0.5, 0.6) is 0 Å². The number of hydrogen-bond acceptors (Lipinski definition) is 6. The molecule has 1 aromatic rings. The third-order valence-corrected chi connectivity index (χ3v) is 3.97. The lowest BCUT2D eigenvalue weighted by molar-refractivity contribution is 0.198. The first kappa shape index (κ1) is 15.3. The van der Waals surface area contributed by atoms with Crippen molar-refractivity contribution < 1.29 is 9.15 Å². The average molecular weight is 282 g/mol. The van der Waals surface area contributed by atoms with Gasteiger partial charge in [0.1, 0.15) is 0 Å². The summed E-state index contributed by atoms with van der Waals surface area (Å²) in [7, 11) is 1.69. The van der Waals surface area contributed by atoms with E-state index in [9.17, 15) is 0 Å². The predicted octanol–water partition coefficient (Wildman–Crippen LogP) is 2.19. The smallest absolute Gasteiger partial charge is 0.315 e.